The Balaban J connectivity index is 2.08. The van der Waals surface area contributed by atoms with Crippen LogP contribution in [0.25, 0.3) is 0 Å². The molecule has 0 aliphatic carbocycles. The molecule has 0 aliphatic heterocycles. The molecule has 0 unspecified atom stereocenters. The second-order valence-electron chi connectivity index (χ2n) is 4.47. The predicted molar refractivity (Wildman–Crippen MR) is 76.6 cm³/mol. The minimum atomic E-state index is -0.209. The van der Waals surface area contributed by atoms with E-state index in [1.807, 2.05) is 0 Å². The van der Waals surface area contributed by atoms with Crippen LogP contribution >= 0.6 is 0 Å². The SMILES string of the molecule is CN(C)C(=O)c1ccc(NC(=O)c2ccncc2)cc1. The first-order chi connectivity index (χ1) is 9.58. The van der Waals surface area contributed by atoms with Crippen LogP contribution in [-0.4, -0.2) is 35.8 Å². The third-order valence-corrected chi connectivity index (χ3v) is 2.74. The molecule has 0 fully saturated rings. The third kappa shape index (κ3) is 3.20. The Labute approximate surface area is 117 Å². The number of carbonyl (C=O) groups excluding carboxylic acids is 2. The molecule has 1 aromatic carbocycles. The van der Waals surface area contributed by atoms with Crippen molar-refractivity contribution in [2.75, 3.05) is 19.4 Å². The van der Waals surface area contributed by atoms with Gasteiger partial charge in [-0.1, -0.05) is 0 Å². The van der Waals surface area contributed by atoms with Gasteiger partial charge in [-0.05, 0) is 36.4 Å². The zero-order chi connectivity index (χ0) is 14.5. The summed E-state index contributed by atoms with van der Waals surface area (Å²) in [7, 11) is 3.39. The van der Waals surface area contributed by atoms with Gasteiger partial charge in [0.05, 0.1) is 0 Å². The van der Waals surface area contributed by atoms with Crippen molar-refractivity contribution < 1.29 is 9.59 Å². The third-order valence-electron chi connectivity index (χ3n) is 2.74. The van der Waals surface area contributed by atoms with E-state index in [1.165, 1.54) is 4.90 Å². The summed E-state index contributed by atoms with van der Waals surface area (Å²) in [4.78, 5) is 29.0. The average molecular weight is 269 g/mol. The molecule has 0 spiro atoms. The largest absolute Gasteiger partial charge is 0.345 e. The van der Waals surface area contributed by atoms with Crippen molar-refractivity contribution in [1.29, 1.82) is 0 Å². The fourth-order valence-electron chi connectivity index (χ4n) is 1.66. The van der Waals surface area contributed by atoms with Gasteiger partial charge in [-0.15, -0.1) is 0 Å². The molecule has 2 amide bonds. The van der Waals surface area contributed by atoms with Gasteiger partial charge in [-0.25, -0.2) is 0 Å². The molecule has 0 radical (unpaired) electrons. The number of hydrogen-bond donors (Lipinski definition) is 1. The lowest BCUT2D eigenvalue weighted by molar-refractivity contribution is 0.0827. The molecular formula is C15H15N3O2. The highest BCUT2D eigenvalue weighted by Crippen LogP contribution is 2.12. The standard InChI is InChI=1S/C15H15N3O2/c1-18(2)15(20)12-3-5-13(6-4-12)17-14(19)11-7-9-16-10-8-11/h3-10H,1-2H3,(H,17,19). The number of nitrogens with one attached hydrogen (secondary N) is 1. The van der Waals surface area contributed by atoms with Crippen LogP contribution < -0.4 is 5.32 Å². The van der Waals surface area contributed by atoms with Crippen LogP contribution in [0.2, 0.25) is 0 Å². The highest BCUT2D eigenvalue weighted by atomic mass is 16.2. The number of aromatic nitrogens is 1. The Bertz CT molecular complexity index is 607. The molecule has 0 saturated carbocycles. The van der Waals surface area contributed by atoms with E-state index >= 15 is 0 Å². The van der Waals surface area contributed by atoms with Gasteiger partial charge in [0.1, 0.15) is 0 Å². The zero-order valence-corrected chi connectivity index (χ0v) is 11.3. The van der Waals surface area contributed by atoms with Crippen LogP contribution in [0.3, 0.4) is 0 Å². The van der Waals surface area contributed by atoms with E-state index in [0.29, 0.717) is 16.8 Å². The Hall–Kier alpha value is -2.69. The van der Waals surface area contributed by atoms with E-state index < -0.39 is 0 Å². The van der Waals surface area contributed by atoms with Crippen LogP contribution in [0.15, 0.2) is 48.8 Å². The molecule has 102 valence electrons. The molecule has 1 heterocycles. The zero-order valence-electron chi connectivity index (χ0n) is 11.3. The molecule has 20 heavy (non-hydrogen) atoms. The van der Waals surface area contributed by atoms with E-state index in [4.69, 9.17) is 0 Å². The van der Waals surface area contributed by atoms with E-state index in [1.54, 1.807) is 62.9 Å². The molecule has 2 aromatic rings. The molecule has 1 N–H and O–H groups in total. The van der Waals surface area contributed by atoms with Crippen molar-refractivity contribution in [2.24, 2.45) is 0 Å². The Morgan fingerprint density at radius 1 is 0.950 bits per heavy atom. The number of nitrogens with zero attached hydrogens (tertiary/aromatic N) is 2. The van der Waals surface area contributed by atoms with Crippen LogP contribution in [0, 0.1) is 0 Å². The Kier molecular flexibility index (Phi) is 4.10. The summed E-state index contributed by atoms with van der Waals surface area (Å²) in [5.41, 5.74) is 1.76. The highest BCUT2D eigenvalue weighted by molar-refractivity contribution is 6.04. The van der Waals surface area contributed by atoms with Gasteiger partial charge in [-0.2, -0.15) is 0 Å². The van der Waals surface area contributed by atoms with Crippen LogP contribution in [0.4, 0.5) is 5.69 Å². The van der Waals surface area contributed by atoms with Crippen LogP contribution in [-0.2, 0) is 0 Å². The molecule has 0 bridgehead atoms. The highest BCUT2D eigenvalue weighted by Gasteiger charge is 2.09. The number of benzene rings is 1. The van der Waals surface area contributed by atoms with Gasteiger partial charge >= 0.3 is 0 Å². The topological polar surface area (TPSA) is 62.3 Å². The number of anilines is 1. The minimum absolute atomic E-state index is 0.0722. The lowest BCUT2D eigenvalue weighted by Crippen LogP contribution is -2.21. The molecular weight excluding hydrogens is 254 g/mol. The second kappa shape index (κ2) is 5.97. The maximum atomic E-state index is 11.9. The van der Waals surface area contributed by atoms with Gasteiger partial charge in [0.15, 0.2) is 0 Å². The summed E-state index contributed by atoms with van der Waals surface area (Å²) in [6.45, 7) is 0. The summed E-state index contributed by atoms with van der Waals surface area (Å²) in [5.74, 6) is -0.281. The smallest absolute Gasteiger partial charge is 0.255 e. The average Bonchev–Trinajstić information content (AvgIpc) is 2.48. The molecule has 1 aromatic heterocycles. The normalized spacial score (nSPS) is 9.90. The molecule has 0 atom stereocenters. The maximum absolute atomic E-state index is 11.9. The quantitative estimate of drug-likeness (QED) is 0.927. The first-order valence-corrected chi connectivity index (χ1v) is 6.11. The Morgan fingerprint density at radius 2 is 1.55 bits per heavy atom. The van der Waals surface area contributed by atoms with Gasteiger partial charge in [0, 0.05) is 43.3 Å². The Morgan fingerprint density at radius 3 is 2.10 bits per heavy atom. The van der Waals surface area contributed by atoms with Crippen molar-refractivity contribution in [3.8, 4) is 0 Å². The number of rotatable bonds is 3. The maximum Gasteiger partial charge on any atom is 0.255 e. The summed E-state index contributed by atoms with van der Waals surface area (Å²) in [6, 6.07) is 10.1. The number of pyridine rings is 1. The van der Waals surface area contributed by atoms with Crippen molar-refractivity contribution in [3.05, 3.63) is 59.9 Å². The van der Waals surface area contributed by atoms with Crippen molar-refractivity contribution in [3.63, 3.8) is 0 Å². The van der Waals surface area contributed by atoms with Crippen molar-refractivity contribution in [2.45, 2.75) is 0 Å². The molecule has 5 nitrogen and oxygen atoms in total. The molecule has 5 heteroatoms. The lowest BCUT2D eigenvalue weighted by atomic mass is 10.2. The number of amides is 2. The van der Waals surface area contributed by atoms with Crippen LogP contribution in [0.1, 0.15) is 20.7 Å². The number of carbonyl (C=O) groups is 2. The number of hydrogen-bond acceptors (Lipinski definition) is 3. The second-order valence-corrected chi connectivity index (χ2v) is 4.47. The van der Waals surface area contributed by atoms with E-state index in [9.17, 15) is 9.59 Å². The van der Waals surface area contributed by atoms with Gasteiger partial charge in [-0.3, -0.25) is 14.6 Å². The fourth-order valence-corrected chi connectivity index (χ4v) is 1.66. The minimum Gasteiger partial charge on any atom is -0.345 e. The van der Waals surface area contributed by atoms with Gasteiger partial charge in [0.25, 0.3) is 11.8 Å². The van der Waals surface area contributed by atoms with Gasteiger partial charge < -0.3 is 10.2 Å². The van der Waals surface area contributed by atoms with Crippen molar-refractivity contribution >= 4 is 17.5 Å². The monoisotopic (exact) mass is 269 g/mol. The predicted octanol–water partition coefficient (Wildman–Crippen LogP) is 2.04. The molecule has 2 rings (SSSR count). The first-order valence-electron chi connectivity index (χ1n) is 6.11. The van der Waals surface area contributed by atoms with Gasteiger partial charge in [0.2, 0.25) is 0 Å². The van der Waals surface area contributed by atoms with E-state index in [-0.39, 0.29) is 11.8 Å². The summed E-state index contributed by atoms with van der Waals surface area (Å²) < 4.78 is 0. The molecule has 0 saturated heterocycles. The first kappa shape index (κ1) is 13.7. The van der Waals surface area contributed by atoms with E-state index in [0.717, 1.165) is 0 Å². The fraction of sp³-hybridized carbons (Fsp3) is 0.133. The van der Waals surface area contributed by atoms with Crippen LogP contribution in [0.5, 0.6) is 0 Å². The van der Waals surface area contributed by atoms with E-state index in [2.05, 4.69) is 10.3 Å². The summed E-state index contributed by atoms with van der Waals surface area (Å²) in [5, 5.41) is 2.76. The van der Waals surface area contributed by atoms with Crippen molar-refractivity contribution in [1.82, 2.24) is 9.88 Å². The molecule has 0 aliphatic rings. The summed E-state index contributed by atoms with van der Waals surface area (Å²) in [6.07, 6.45) is 3.13. The summed E-state index contributed by atoms with van der Waals surface area (Å²) >= 11 is 0. The lowest BCUT2D eigenvalue weighted by Gasteiger charge is -2.11.